The molecule has 4 N–H and O–H groups in total. The highest BCUT2D eigenvalue weighted by molar-refractivity contribution is 7.91. The smallest absolute Gasteiger partial charge is 0.286 e. The van der Waals surface area contributed by atoms with Crippen LogP contribution in [0.5, 0.6) is 0 Å². The third-order valence-electron chi connectivity index (χ3n) is 4.42. The lowest BCUT2D eigenvalue weighted by Crippen LogP contribution is -2.30. The van der Waals surface area contributed by atoms with Crippen molar-refractivity contribution >= 4 is 21.8 Å². The summed E-state index contributed by atoms with van der Waals surface area (Å²) in [6, 6.07) is 11.6. The second-order valence-corrected chi connectivity index (χ2v) is 8.36. The summed E-state index contributed by atoms with van der Waals surface area (Å²) < 4.78 is 28.1. The molecule has 3 aromatic rings. The highest BCUT2D eigenvalue weighted by atomic mass is 32.2. The molecule has 8 nitrogen and oxygen atoms in total. The van der Waals surface area contributed by atoms with E-state index in [4.69, 9.17) is 5.84 Å². The minimum Gasteiger partial charge on any atom is -0.322 e. The summed E-state index contributed by atoms with van der Waals surface area (Å²) in [6.07, 6.45) is 4.98. The fourth-order valence-electron chi connectivity index (χ4n) is 2.87. The minimum absolute atomic E-state index is 0.0836. The van der Waals surface area contributed by atoms with Gasteiger partial charge in [0.2, 0.25) is 0 Å². The second-order valence-electron chi connectivity index (χ2n) is 6.08. The third-order valence-corrected chi connectivity index (χ3v) is 6.14. The number of aromatic nitrogens is 2. The minimum atomic E-state index is -3.24. The van der Waals surface area contributed by atoms with Crippen molar-refractivity contribution in [3.63, 3.8) is 0 Å². The van der Waals surface area contributed by atoms with E-state index in [9.17, 15) is 8.42 Å². The normalized spacial score (nSPS) is 12.1. The molecule has 3 rings (SSSR count). The zero-order chi connectivity index (χ0) is 19.4. The largest absolute Gasteiger partial charge is 0.322 e. The van der Waals surface area contributed by atoms with Crippen LogP contribution in [0.2, 0.25) is 0 Å². The summed E-state index contributed by atoms with van der Waals surface area (Å²) in [5, 5.41) is 3.34. The van der Waals surface area contributed by atoms with E-state index >= 15 is 0 Å². The first kappa shape index (κ1) is 18.9. The molecule has 0 saturated heterocycles. The predicted octanol–water partition coefficient (Wildman–Crippen LogP) is 0.721. The standard InChI is InChI=1S/C18H23N6O2S/c1-3-27(25,26)16-8-9-18-23(2)17(12-24(18)11-16)15-6-4-14(5-7-15)10-21-22-13-20-19/h4-9,11-13,21H,3,10,19H2,1-2H3,(H,20,22)/q+1. The van der Waals surface area contributed by atoms with Gasteiger partial charge in [-0.2, -0.15) is 5.10 Å². The number of imidazole rings is 1. The Bertz CT molecular complexity index is 1070. The van der Waals surface area contributed by atoms with Crippen molar-refractivity contribution in [2.45, 2.75) is 18.4 Å². The van der Waals surface area contributed by atoms with E-state index < -0.39 is 9.84 Å². The molecule has 0 radical (unpaired) electrons. The van der Waals surface area contributed by atoms with Gasteiger partial charge in [0, 0.05) is 18.2 Å². The van der Waals surface area contributed by atoms with Gasteiger partial charge in [-0.15, -0.1) is 0 Å². The molecule has 0 atom stereocenters. The molecule has 1 aromatic carbocycles. The average Bonchev–Trinajstić information content (AvgIpc) is 3.02. The van der Waals surface area contributed by atoms with Crippen LogP contribution in [0.15, 0.2) is 58.8 Å². The fraction of sp³-hybridized carbons (Fsp3) is 0.222. The monoisotopic (exact) mass is 387 g/mol. The van der Waals surface area contributed by atoms with Crippen LogP contribution >= 0.6 is 0 Å². The van der Waals surface area contributed by atoms with Crippen LogP contribution in [0.1, 0.15) is 12.5 Å². The third kappa shape index (κ3) is 3.93. The molecule has 0 fully saturated rings. The van der Waals surface area contributed by atoms with Gasteiger partial charge >= 0.3 is 0 Å². The number of fused-ring (bicyclic) bond motifs is 1. The molecule has 2 heterocycles. The number of benzene rings is 1. The van der Waals surface area contributed by atoms with E-state index in [2.05, 4.69) is 16.0 Å². The summed E-state index contributed by atoms with van der Waals surface area (Å²) in [5.74, 6) is 5.09. The number of nitrogens with two attached hydrogens (primary N) is 1. The molecule has 0 unspecified atom stereocenters. The molecule has 0 aliphatic heterocycles. The maximum atomic E-state index is 12.1. The molecule has 0 saturated carbocycles. The van der Waals surface area contributed by atoms with E-state index in [1.165, 1.54) is 6.34 Å². The van der Waals surface area contributed by atoms with Crippen LogP contribution in [-0.4, -0.2) is 25.1 Å². The van der Waals surface area contributed by atoms with Gasteiger partial charge in [-0.1, -0.05) is 31.2 Å². The number of rotatable bonds is 7. The maximum absolute atomic E-state index is 12.1. The van der Waals surface area contributed by atoms with Crippen molar-refractivity contribution in [2.24, 2.45) is 18.0 Å². The Morgan fingerprint density at radius 1 is 1.19 bits per heavy atom. The lowest BCUT2D eigenvalue weighted by molar-refractivity contribution is -0.512. The van der Waals surface area contributed by atoms with Gasteiger partial charge in [0.1, 0.15) is 23.6 Å². The number of nitrogens with one attached hydrogen (secondary N) is 2. The van der Waals surface area contributed by atoms with Gasteiger partial charge in [-0.3, -0.25) is 0 Å². The Morgan fingerprint density at radius 2 is 1.93 bits per heavy atom. The SMILES string of the molecule is CCS(=O)(=O)c1ccc2n(C)c(-c3ccc(CNNC=NN)cc3)c[n+]2c1. The van der Waals surface area contributed by atoms with E-state index in [0.717, 1.165) is 22.5 Å². The number of sulfone groups is 1. The molecule has 0 bridgehead atoms. The van der Waals surface area contributed by atoms with Gasteiger partial charge in [0.25, 0.3) is 5.65 Å². The van der Waals surface area contributed by atoms with E-state index in [-0.39, 0.29) is 5.75 Å². The lowest BCUT2D eigenvalue weighted by Gasteiger charge is -2.04. The first-order valence-corrected chi connectivity index (χ1v) is 10.1. The van der Waals surface area contributed by atoms with Crippen molar-refractivity contribution in [3.8, 4) is 11.3 Å². The summed E-state index contributed by atoms with van der Waals surface area (Å²) in [6.45, 7) is 2.27. The van der Waals surface area contributed by atoms with Crippen LogP contribution in [0.4, 0.5) is 0 Å². The van der Waals surface area contributed by atoms with E-state index in [1.54, 1.807) is 19.2 Å². The maximum Gasteiger partial charge on any atom is 0.286 e. The molecular weight excluding hydrogens is 364 g/mol. The van der Waals surface area contributed by atoms with Crippen LogP contribution in [-0.2, 0) is 23.4 Å². The van der Waals surface area contributed by atoms with Crippen molar-refractivity contribution in [1.82, 2.24) is 15.4 Å². The van der Waals surface area contributed by atoms with Gasteiger partial charge in [-0.05, 0) is 11.6 Å². The Morgan fingerprint density at radius 3 is 2.59 bits per heavy atom. The zero-order valence-electron chi connectivity index (χ0n) is 15.3. The molecular formula is C18H23N6O2S+. The number of pyridine rings is 1. The Hall–Kier alpha value is -2.91. The number of hydrogen-bond acceptors (Lipinski definition) is 5. The molecule has 27 heavy (non-hydrogen) atoms. The number of nitrogens with zero attached hydrogens (tertiary/aromatic N) is 3. The average molecular weight is 387 g/mol. The first-order chi connectivity index (χ1) is 13.0. The van der Waals surface area contributed by atoms with Crippen LogP contribution in [0.25, 0.3) is 16.9 Å². The molecule has 9 heteroatoms. The van der Waals surface area contributed by atoms with Gasteiger partial charge < -0.3 is 11.3 Å². The lowest BCUT2D eigenvalue weighted by atomic mass is 10.1. The van der Waals surface area contributed by atoms with Crippen molar-refractivity contribution < 1.29 is 12.8 Å². The van der Waals surface area contributed by atoms with Crippen molar-refractivity contribution in [1.29, 1.82) is 0 Å². The van der Waals surface area contributed by atoms with Gasteiger partial charge in [-0.25, -0.2) is 22.8 Å². The summed E-state index contributed by atoms with van der Waals surface area (Å²) in [4.78, 5) is 0.328. The highest BCUT2D eigenvalue weighted by Crippen LogP contribution is 2.21. The molecule has 2 aromatic heterocycles. The van der Waals surface area contributed by atoms with Crippen LogP contribution in [0.3, 0.4) is 0 Å². The quantitative estimate of drug-likeness (QED) is 0.138. The van der Waals surface area contributed by atoms with Crippen LogP contribution in [0, 0.1) is 0 Å². The number of aryl methyl sites for hydroxylation is 1. The molecule has 142 valence electrons. The second kappa shape index (κ2) is 7.77. The predicted molar refractivity (Wildman–Crippen MR) is 104 cm³/mol. The van der Waals surface area contributed by atoms with Gasteiger partial charge in [0.15, 0.2) is 15.5 Å². The summed E-state index contributed by atoms with van der Waals surface area (Å²) >= 11 is 0. The molecule has 0 spiro atoms. The first-order valence-electron chi connectivity index (χ1n) is 8.49. The highest BCUT2D eigenvalue weighted by Gasteiger charge is 2.20. The Labute approximate surface area is 158 Å². The molecule has 0 amide bonds. The van der Waals surface area contributed by atoms with E-state index in [0.29, 0.717) is 11.4 Å². The van der Waals surface area contributed by atoms with Crippen molar-refractivity contribution in [2.75, 3.05) is 5.75 Å². The summed E-state index contributed by atoms with van der Waals surface area (Å²) in [7, 11) is -1.27. The topological polar surface area (TPSA) is 106 Å². The number of hydrogen-bond donors (Lipinski definition) is 3. The zero-order valence-corrected chi connectivity index (χ0v) is 16.1. The van der Waals surface area contributed by atoms with Gasteiger partial charge in [0.05, 0.1) is 12.8 Å². The molecule has 0 aliphatic rings. The number of hydrazone groups is 1. The number of hydrazine groups is 1. The Kier molecular flexibility index (Phi) is 5.43. The van der Waals surface area contributed by atoms with Crippen molar-refractivity contribution in [3.05, 3.63) is 54.4 Å². The fourth-order valence-corrected chi connectivity index (χ4v) is 3.75. The van der Waals surface area contributed by atoms with Crippen LogP contribution < -0.4 is 21.1 Å². The Balaban J connectivity index is 1.89. The summed E-state index contributed by atoms with van der Waals surface area (Å²) in [5.41, 5.74) is 9.78. The van der Waals surface area contributed by atoms with E-state index in [1.807, 2.05) is 52.5 Å². The molecule has 0 aliphatic carbocycles.